The Morgan fingerprint density at radius 1 is 0.892 bits per heavy atom. The maximum atomic E-state index is 13.2. The standard InChI is InChI=1S/C27H28O10/c1-5-10-34-22-11-17(8-9-20(22)31-4)21-14-19(28)27-23(36-16-26(30)33-7-3)12-18(13-24(27)37-21)35-15-25(29)32-6-2/h5,8-9,11-14H,1,6-7,10,15-16H2,2-4H3. The number of rotatable bonds is 13. The third kappa shape index (κ3) is 7.03. The second-order valence-electron chi connectivity index (χ2n) is 7.42. The maximum absolute atomic E-state index is 13.2. The zero-order valence-corrected chi connectivity index (χ0v) is 20.9. The Morgan fingerprint density at radius 3 is 2.24 bits per heavy atom. The minimum absolute atomic E-state index is 0.0365. The van der Waals surface area contributed by atoms with Gasteiger partial charge in [0.15, 0.2) is 30.1 Å². The van der Waals surface area contributed by atoms with Gasteiger partial charge in [-0.25, -0.2) is 9.59 Å². The van der Waals surface area contributed by atoms with Crippen LogP contribution in [0.15, 0.2) is 58.3 Å². The highest BCUT2D eigenvalue weighted by atomic mass is 16.6. The minimum atomic E-state index is -0.611. The van der Waals surface area contributed by atoms with Crippen LogP contribution in [-0.2, 0) is 19.1 Å². The Morgan fingerprint density at radius 2 is 1.59 bits per heavy atom. The molecule has 0 aliphatic heterocycles. The predicted octanol–water partition coefficient (Wildman–Crippen LogP) is 3.92. The largest absolute Gasteiger partial charge is 0.493 e. The van der Waals surface area contributed by atoms with Crippen LogP contribution < -0.4 is 24.4 Å². The summed E-state index contributed by atoms with van der Waals surface area (Å²) in [5, 5.41) is 0.0909. The lowest BCUT2D eigenvalue weighted by atomic mass is 10.1. The summed E-state index contributed by atoms with van der Waals surface area (Å²) in [6, 6.07) is 9.22. The first-order chi connectivity index (χ1) is 17.9. The van der Waals surface area contributed by atoms with Crippen molar-refractivity contribution in [1.29, 1.82) is 0 Å². The molecule has 0 unspecified atom stereocenters. The van der Waals surface area contributed by atoms with Crippen LogP contribution >= 0.6 is 0 Å². The molecule has 0 bridgehead atoms. The quantitative estimate of drug-likeness (QED) is 0.246. The molecule has 2 aromatic carbocycles. The van der Waals surface area contributed by atoms with Crippen LogP contribution in [0.4, 0.5) is 0 Å². The number of benzene rings is 2. The van der Waals surface area contributed by atoms with Gasteiger partial charge in [0.2, 0.25) is 0 Å². The van der Waals surface area contributed by atoms with Crippen molar-refractivity contribution in [1.82, 2.24) is 0 Å². The number of hydrogen-bond acceptors (Lipinski definition) is 10. The topological polar surface area (TPSA) is 120 Å². The van der Waals surface area contributed by atoms with Crippen molar-refractivity contribution in [2.75, 3.05) is 40.1 Å². The molecule has 0 radical (unpaired) electrons. The summed E-state index contributed by atoms with van der Waals surface area (Å²) in [6.45, 7) is 6.81. The highest BCUT2D eigenvalue weighted by Gasteiger charge is 2.18. The highest BCUT2D eigenvalue weighted by Crippen LogP contribution is 2.35. The maximum Gasteiger partial charge on any atom is 0.344 e. The van der Waals surface area contributed by atoms with Gasteiger partial charge in [0.1, 0.15) is 34.8 Å². The van der Waals surface area contributed by atoms with Gasteiger partial charge in [-0.15, -0.1) is 0 Å². The Labute approximate surface area is 213 Å². The Bertz CT molecular complexity index is 1320. The average Bonchev–Trinajstić information content (AvgIpc) is 2.89. The van der Waals surface area contributed by atoms with Crippen LogP contribution in [0.25, 0.3) is 22.3 Å². The molecule has 0 saturated heterocycles. The van der Waals surface area contributed by atoms with E-state index in [4.69, 9.17) is 32.8 Å². The van der Waals surface area contributed by atoms with Crippen molar-refractivity contribution in [3.8, 4) is 34.3 Å². The summed E-state index contributed by atoms with van der Waals surface area (Å²) in [6.07, 6.45) is 1.60. The smallest absolute Gasteiger partial charge is 0.344 e. The van der Waals surface area contributed by atoms with E-state index in [-0.39, 0.29) is 54.7 Å². The van der Waals surface area contributed by atoms with Gasteiger partial charge in [-0.2, -0.15) is 0 Å². The first-order valence-electron chi connectivity index (χ1n) is 11.5. The van der Waals surface area contributed by atoms with E-state index < -0.39 is 24.0 Å². The molecule has 196 valence electrons. The van der Waals surface area contributed by atoms with Gasteiger partial charge in [0.25, 0.3) is 0 Å². The molecule has 1 aromatic heterocycles. The second kappa shape index (κ2) is 13.0. The Kier molecular flexibility index (Phi) is 9.54. The van der Waals surface area contributed by atoms with Gasteiger partial charge >= 0.3 is 11.9 Å². The number of hydrogen-bond donors (Lipinski definition) is 0. The molecule has 37 heavy (non-hydrogen) atoms. The van der Waals surface area contributed by atoms with Crippen LogP contribution in [0.5, 0.6) is 23.0 Å². The molecule has 0 N–H and O–H groups in total. The molecule has 10 heteroatoms. The van der Waals surface area contributed by atoms with Crippen LogP contribution in [0.3, 0.4) is 0 Å². The van der Waals surface area contributed by atoms with E-state index in [0.717, 1.165) is 0 Å². The molecule has 10 nitrogen and oxygen atoms in total. The van der Waals surface area contributed by atoms with Crippen molar-refractivity contribution >= 4 is 22.9 Å². The summed E-state index contributed by atoms with van der Waals surface area (Å²) in [5.74, 6) is 0.198. The van der Waals surface area contributed by atoms with Crippen LogP contribution in [0.1, 0.15) is 13.8 Å². The van der Waals surface area contributed by atoms with E-state index in [0.29, 0.717) is 17.1 Å². The fraction of sp³-hybridized carbons (Fsp3) is 0.296. The summed E-state index contributed by atoms with van der Waals surface area (Å²) in [5.41, 5.74) is 0.245. The monoisotopic (exact) mass is 512 g/mol. The number of esters is 2. The van der Waals surface area contributed by atoms with Gasteiger partial charge in [-0.1, -0.05) is 12.7 Å². The van der Waals surface area contributed by atoms with Crippen LogP contribution in [-0.4, -0.2) is 52.1 Å². The lowest BCUT2D eigenvalue weighted by Crippen LogP contribution is -2.16. The van der Waals surface area contributed by atoms with E-state index in [2.05, 4.69) is 6.58 Å². The number of carbonyl (C=O) groups excluding carboxylic acids is 2. The molecular weight excluding hydrogens is 484 g/mol. The molecule has 0 atom stereocenters. The SMILES string of the molecule is C=CCOc1cc(-c2cc(=O)c3c(OCC(=O)OCC)cc(OCC(=O)OCC)cc3o2)ccc1OC. The minimum Gasteiger partial charge on any atom is -0.493 e. The Balaban J connectivity index is 2.06. The van der Waals surface area contributed by atoms with Crippen LogP contribution in [0, 0.1) is 0 Å². The van der Waals surface area contributed by atoms with Crippen molar-refractivity contribution < 1.29 is 42.4 Å². The predicted molar refractivity (Wildman–Crippen MR) is 134 cm³/mol. The molecule has 3 rings (SSSR count). The van der Waals surface area contributed by atoms with Crippen LogP contribution in [0.2, 0.25) is 0 Å². The molecule has 0 spiro atoms. The molecule has 0 fully saturated rings. The first kappa shape index (κ1) is 27.1. The van der Waals surface area contributed by atoms with E-state index in [1.165, 1.54) is 25.3 Å². The Hall–Kier alpha value is -4.47. The third-order valence-corrected chi connectivity index (χ3v) is 4.89. The summed E-state index contributed by atoms with van der Waals surface area (Å²) in [4.78, 5) is 36.8. The molecular formula is C27H28O10. The van der Waals surface area contributed by atoms with Gasteiger partial charge in [-0.3, -0.25) is 4.79 Å². The lowest BCUT2D eigenvalue weighted by molar-refractivity contribution is -0.146. The normalized spacial score (nSPS) is 10.5. The van der Waals surface area contributed by atoms with E-state index in [1.807, 2.05) is 0 Å². The first-order valence-corrected chi connectivity index (χ1v) is 11.5. The second-order valence-corrected chi connectivity index (χ2v) is 7.42. The molecule has 0 amide bonds. The van der Waals surface area contributed by atoms with Gasteiger partial charge in [-0.05, 0) is 32.0 Å². The lowest BCUT2D eigenvalue weighted by Gasteiger charge is -2.13. The zero-order valence-electron chi connectivity index (χ0n) is 20.9. The van der Waals surface area contributed by atoms with E-state index in [1.54, 1.807) is 38.1 Å². The van der Waals surface area contributed by atoms with E-state index >= 15 is 0 Å². The van der Waals surface area contributed by atoms with Gasteiger partial charge in [0, 0.05) is 23.8 Å². The average molecular weight is 513 g/mol. The molecule has 0 saturated carbocycles. The fourth-order valence-corrected chi connectivity index (χ4v) is 3.34. The number of ether oxygens (including phenoxy) is 6. The number of fused-ring (bicyclic) bond motifs is 1. The highest BCUT2D eigenvalue weighted by molar-refractivity contribution is 5.87. The summed E-state index contributed by atoms with van der Waals surface area (Å²) in [7, 11) is 1.52. The summed E-state index contributed by atoms with van der Waals surface area (Å²) >= 11 is 0. The summed E-state index contributed by atoms with van der Waals surface area (Å²) < 4.78 is 37.9. The zero-order chi connectivity index (χ0) is 26.8. The molecule has 1 heterocycles. The van der Waals surface area contributed by atoms with Crippen molar-refractivity contribution in [2.45, 2.75) is 13.8 Å². The molecule has 3 aromatic rings. The van der Waals surface area contributed by atoms with E-state index in [9.17, 15) is 14.4 Å². The molecule has 0 aliphatic carbocycles. The number of methoxy groups -OCH3 is 1. The van der Waals surface area contributed by atoms with Gasteiger partial charge < -0.3 is 32.8 Å². The third-order valence-electron chi connectivity index (χ3n) is 4.89. The van der Waals surface area contributed by atoms with Crippen molar-refractivity contribution in [2.24, 2.45) is 0 Å². The number of carbonyl (C=O) groups is 2. The van der Waals surface area contributed by atoms with Crippen molar-refractivity contribution in [3.63, 3.8) is 0 Å². The van der Waals surface area contributed by atoms with Gasteiger partial charge in [0.05, 0.1) is 20.3 Å². The molecule has 0 aliphatic rings. The fourth-order valence-electron chi connectivity index (χ4n) is 3.34. The van der Waals surface area contributed by atoms with Crippen molar-refractivity contribution in [3.05, 3.63) is 59.3 Å².